The van der Waals surface area contributed by atoms with Gasteiger partial charge in [0.2, 0.25) is 11.8 Å². The van der Waals surface area contributed by atoms with Gasteiger partial charge in [-0.05, 0) is 30.3 Å². The summed E-state index contributed by atoms with van der Waals surface area (Å²) in [5.41, 5.74) is 6.79. The van der Waals surface area contributed by atoms with Gasteiger partial charge >= 0.3 is 0 Å². The Labute approximate surface area is 128 Å². The number of anilines is 2. The van der Waals surface area contributed by atoms with E-state index in [1.54, 1.807) is 31.4 Å². The van der Waals surface area contributed by atoms with Gasteiger partial charge in [-0.2, -0.15) is 0 Å². The number of para-hydroxylation sites is 2. The minimum atomic E-state index is -0.539. The number of hydrogen-bond donors (Lipinski definition) is 3. The molecule has 0 heterocycles. The van der Waals surface area contributed by atoms with Gasteiger partial charge in [-0.15, -0.1) is 0 Å². The van der Waals surface area contributed by atoms with Crippen LogP contribution in [0, 0.1) is 0 Å². The summed E-state index contributed by atoms with van der Waals surface area (Å²) in [7, 11) is 1.57. The first-order valence-electron chi connectivity index (χ1n) is 6.67. The summed E-state index contributed by atoms with van der Waals surface area (Å²) in [6.45, 7) is 0.0706. The molecule has 6 heteroatoms. The average Bonchev–Trinajstić information content (AvgIpc) is 2.53. The molecule has 2 aromatic rings. The van der Waals surface area contributed by atoms with Crippen LogP contribution in [0.15, 0.2) is 48.5 Å². The third kappa shape index (κ3) is 3.99. The summed E-state index contributed by atoms with van der Waals surface area (Å²) in [4.78, 5) is 23.0. The Balaban J connectivity index is 1.96. The number of carbonyl (C=O) groups is 2. The Morgan fingerprint density at radius 3 is 2.64 bits per heavy atom. The van der Waals surface area contributed by atoms with E-state index in [2.05, 4.69) is 10.6 Å². The van der Waals surface area contributed by atoms with Crippen molar-refractivity contribution in [1.29, 1.82) is 0 Å². The highest BCUT2D eigenvalue weighted by atomic mass is 16.5. The zero-order valence-corrected chi connectivity index (χ0v) is 12.1. The lowest BCUT2D eigenvalue weighted by Gasteiger charge is -2.11. The molecule has 0 bridgehead atoms. The highest BCUT2D eigenvalue weighted by molar-refractivity contribution is 5.97. The molecule has 0 atom stereocenters. The predicted molar refractivity (Wildman–Crippen MR) is 85.1 cm³/mol. The van der Waals surface area contributed by atoms with Crippen molar-refractivity contribution in [1.82, 2.24) is 0 Å². The fourth-order valence-electron chi connectivity index (χ4n) is 1.92. The number of benzene rings is 2. The topological polar surface area (TPSA) is 93.4 Å². The molecular formula is C16H17N3O3. The van der Waals surface area contributed by atoms with Gasteiger partial charge in [0, 0.05) is 11.3 Å². The fourth-order valence-corrected chi connectivity index (χ4v) is 1.92. The number of ether oxygens (including phenoxy) is 1. The smallest absolute Gasteiger partial charge is 0.248 e. The van der Waals surface area contributed by atoms with Crippen molar-refractivity contribution in [2.45, 2.75) is 0 Å². The van der Waals surface area contributed by atoms with Crippen LogP contribution in [0.4, 0.5) is 11.4 Å². The van der Waals surface area contributed by atoms with Crippen molar-refractivity contribution in [3.8, 4) is 5.75 Å². The lowest BCUT2D eigenvalue weighted by molar-refractivity contribution is -0.114. The van der Waals surface area contributed by atoms with E-state index in [0.29, 0.717) is 17.0 Å². The number of hydrogen-bond acceptors (Lipinski definition) is 4. The second kappa shape index (κ2) is 7.12. The summed E-state index contributed by atoms with van der Waals surface area (Å²) in [6.07, 6.45) is 0. The first-order valence-corrected chi connectivity index (χ1v) is 6.67. The largest absolute Gasteiger partial charge is 0.495 e. The SMILES string of the molecule is COc1ccccc1NCC(=O)Nc1cccc(C(N)=O)c1. The van der Waals surface area contributed by atoms with Crippen LogP contribution in [0.2, 0.25) is 0 Å². The quantitative estimate of drug-likeness (QED) is 0.758. The van der Waals surface area contributed by atoms with Crippen molar-refractivity contribution >= 4 is 23.2 Å². The molecule has 0 aromatic heterocycles. The van der Waals surface area contributed by atoms with E-state index < -0.39 is 5.91 Å². The number of carbonyl (C=O) groups excluding carboxylic acids is 2. The van der Waals surface area contributed by atoms with E-state index in [-0.39, 0.29) is 12.5 Å². The molecule has 2 rings (SSSR count). The standard InChI is InChI=1S/C16H17N3O3/c1-22-14-8-3-2-7-13(14)18-10-15(20)19-12-6-4-5-11(9-12)16(17)21/h2-9,18H,10H2,1H3,(H2,17,21)(H,19,20). The molecule has 6 nitrogen and oxygen atoms in total. The lowest BCUT2D eigenvalue weighted by atomic mass is 10.2. The van der Waals surface area contributed by atoms with Gasteiger partial charge in [0.1, 0.15) is 5.75 Å². The number of nitrogens with two attached hydrogens (primary N) is 1. The van der Waals surface area contributed by atoms with Gasteiger partial charge in [0.15, 0.2) is 0 Å². The summed E-state index contributed by atoms with van der Waals surface area (Å²) in [5, 5.41) is 5.69. The van der Waals surface area contributed by atoms with Crippen LogP contribution in [0.5, 0.6) is 5.75 Å². The molecule has 2 amide bonds. The Bertz CT molecular complexity index is 686. The molecular weight excluding hydrogens is 282 g/mol. The van der Waals surface area contributed by atoms with Crippen LogP contribution < -0.4 is 21.1 Å². The van der Waals surface area contributed by atoms with Crippen molar-refractivity contribution < 1.29 is 14.3 Å². The van der Waals surface area contributed by atoms with Gasteiger partial charge < -0.3 is 21.1 Å². The molecule has 0 fully saturated rings. The van der Waals surface area contributed by atoms with E-state index >= 15 is 0 Å². The molecule has 114 valence electrons. The minimum Gasteiger partial charge on any atom is -0.495 e. The van der Waals surface area contributed by atoms with Crippen molar-refractivity contribution in [3.05, 3.63) is 54.1 Å². The Morgan fingerprint density at radius 1 is 1.14 bits per heavy atom. The van der Waals surface area contributed by atoms with E-state index in [4.69, 9.17) is 10.5 Å². The van der Waals surface area contributed by atoms with E-state index in [1.807, 2.05) is 18.2 Å². The molecule has 0 saturated carbocycles. The fraction of sp³-hybridized carbons (Fsp3) is 0.125. The van der Waals surface area contributed by atoms with Gasteiger partial charge in [0.05, 0.1) is 19.3 Å². The van der Waals surface area contributed by atoms with Crippen molar-refractivity contribution in [2.24, 2.45) is 5.73 Å². The summed E-state index contributed by atoms with van der Waals surface area (Å²) in [5.74, 6) is -0.123. The lowest BCUT2D eigenvalue weighted by Crippen LogP contribution is -2.22. The molecule has 2 aromatic carbocycles. The van der Waals surface area contributed by atoms with Crippen LogP contribution >= 0.6 is 0 Å². The summed E-state index contributed by atoms with van der Waals surface area (Å²) >= 11 is 0. The molecule has 4 N–H and O–H groups in total. The maximum absolute atomic E-state index is 11.9. The Morgan fingerprint density at radius 2 is 1.91 bits per heavy atom. The number of primary amides is 1. The first-order chi connectivity index (χ1) is 10.6. The molecule has 0 aliphatic carbocycles. The van der Waals surface area contributed by atoms with Crippen LogP contribution in [-0.2, 0) is 4.79 Å². The maximum Gasteiger partial charge on any atom is 0.248 e. The summed E-state index contributed by atoms with van der Waals surface area (Å²) in [6, 6.07) is 13.8. The molecule has 22 heavy (non-hydrogen) atoms. The molecule has 0 aliphatic heterocycles. The van der Waals surface area contributed by atoms with E-state index in [9.17, 15) is 9.59 Å². The van der Waals surface area contributed by atoms with Crippen molar-refractivity contribution in [3.63, 3.8) is 0 Å². The second-order valence-corrected chi connectivity index (χ2v) is 4.55. The highest BCUT2D eigenvalue weighted by Gasteiger charge is 2.07. The third-order valence-electron chi connectivity index (χ3n) is 2.98. The molecule has 0 spiro atoms. The van der Waals surface area contributed by atoms with Crippen LogP contribution in [-0.4, -0.2) is 25.5 Å². The summed E-state index contributed by atoms with van der Waals surface area (Å²) < 4.78 is 5.19. The van der Waals surface area contributed by atoms with Crippen LogP contribution in [0.25, 0.3) is 0 Å². The van der Waals surface area contributed by atoms with Gasteiger partial charge in [0.25, 0.3) is 0 Å². The van der Waals surface area contributed by atoms with Gasteiger partial charge in [-0.3, -0.25) is 9.59 Å². The normalized spacial score (nSPS) is 9.86. The van der Waals surface area contributed by atoms with Gasteiger partial charge in [-0.25, -0.2) is 0 Å². The number of methoxy groups -OCH3 is 1. The average molecular weight is 299 g/mol. The predicted octanol–water partition coefficient (Wildman–Crippen LogP) is 1.84. The Hall–Kier alpha value is -3.02. The number of amides is 2. The van der Waals surface area contributed by atoms with E-state index in [1.165, 1.54) is 6.07 Å². The zero-order valence-electron chi connectivity index (χ0n) is 12.1. The monoisotopic (exact) mass is 299 g/mol. The molecule has 0 aliphatic rings. The Kier molecular flexibility index (Phi) is 4.98. The second-order valence-electron chi connectivity index (χ2n) is 4.55. The zero-order chi connectivity index (χ0) is 15.9. The first kappa shape index (κ1) is 15.4. The number of rotatable bonds is 6. The molecule has 0 saturated heterocycles. The van der Waals surface area contributed by atoms with E-state index in [0.717, 1.165) is 5.69 Å². The van der Waals surface area contributed by atoms with Crippen LogP contribution in [0.1, 0.15) is 10.4 Å². The third-order valence-corrected chi connectivity index (χ3v) is 2.98. The maximum atomic E-state index is 11.9. The minimum absolute atomic E-state index is 0.0706. The highest BCUT2D eigenvalue weighted by Crippen LogP contribution is 2.22. The molecule has 0 radical (unpaired) electrons. The number of nitrogens with one attached hydrogen (secondary N) is 2. The molecule has 0 unspecified atom stereocenters. The van der Waals surface area contributed by atoms with Gasteiger partial charge in [-0.1, -0.05) is 18.2 Å². The van der Waals surface area contributed by atoms with Crippen molar-refractivity contribution in [2.75, 3.05) is 24.3 Å². The van der Waals surface area contributed by atoms with Crippen LogP contribution in [0.3, 0.4) is 0 Å².